The maximum Gasteiger partial charge on any atom is 0.243 e. The van der Waals surface area contributed by atoms with Gasteiger partial charge in [0.2, 0.25) is 30.1 Å². The highest BCUT2D eigenvalue weighted by molar-refractivity contribution is 7.90. The molecule has 5 rings (SSSR count). The number of nitrogens with one attached hydrogen (secondary N) is 2. The second-order valence-corrected chi connectivity index (χ2v) is 17.5. The lowest BCUT2D eigenvalue weighted by atomic mass is 10.1. The zero-order valence-electron chi connectivity index (χ0n) is 27.5. The smallest absolute Gasteiger partial charge is 0.207 e. The quantitative estimate of drug-likeness (QED) is 0.146. The van der Waals surface area contributed by atoms with Gasteiger partial charge in [0.05, 0.1) is 14.7 Å². The lowest BCUT2D eigenvalue weighted by Crippen LogP contribution is -2.30. The van der Waals surface area contributed by atoms with Gasteiger partial charge in [-0.1, -0.05) is 102 Å². The van der Waals surface area contributed by atoms with E-state index < -0.39 is 30.1 Å². The van der Waals surface area contributed by atoms with Crippen LogP contribution in [-0.4, -0.2) is 29.6 Å². The Labute approximate surface area is 289 Å². The molecule has 12 heteroatoms. The van der Waals surface area contributed by atoms with Gasteiger partial charge in [-0.05, 0) is 79.4 Å². The molecule has 0 bridgehead atoms. The van der Waals surface area contributed by atoms with Crippen LogP contribution in [0.15, 0.2) is 136 Å². The van der Waals surface area contributed by atoms with Crippen molar-refractivity contribution in [1.29, 1.82) is 0 Å². The Bertz CT molecular complexity index is 2110. The van der Waals surface area contributed by atoms with Crippen LogP contribution in [0.3, 0.4) is 0 Å². The zero-order valence-corrected chi connectivity index (χ0v) is 29.9. The van der Waals surface area contributed by atoms with Crippen molar-refractivity contribution in [2.75, 3.05) is 0 Å². The summed E-state index contributed by atoms with van der Waals surface area (Å²) in [7, 11) is -11.5. The molecular formula is C37H39N3O6S3. The molecule has 49 heavy (non-hydrogen) atoms. The van der Waals surface area contributed by atoms with Crippen molar-refractivity contribution in [2.24, 2.45) is 0 Å². The fourth-order valence-corrected chi connectivity index (χ4v) is 8.58. The molecule has 0 aliphatic heterocycles. The van der Waals surface area contributed by atoms with Gasteiger partial charge in [0.25, 0.3) is 0 Å². The van der Waals surface area contributed by atoms with E-state index in [-0.39, 0.29) is 40.9 Å². The maximum absolute atomic E-state index is 14.0. The predicted molar refractivity (Wildman–Crippen MR) is 191 cm³/mol. The molecular weight excluding hydrogens is 679 g/mol. The van der Waals surface area contributed by atoms with Gasteiger partial charge in [-0.25, -0.2) is 34.7 Å². The van der Waals surface area contributed by atoms with E-state index in [4.69, 9.17) is 0 Å². The Balaban J connectivity index is 1.36. The van der Waals surface area contributed by atoms with Crippen LogP contribution < -0.4 is 9.44 Å². The molecule has 256 valence electrons. The van der Waals surface area contributed by atoms with Crippen LogP contribution in [0.2, 0.25) is 0 Å². The SMILES string of the molecule is Cc1ccc(S(=O)(=O)NCc2cccc(CN(Cc3cccc(CNS(=O)(=O)c4ccc(C)cc4)c3)S(=O)(=O)c3ccc(C)cc3)c2)cc1. The van der Waals surface area contributed by atoms with E-state index in [0.717, 1.165) is 16.7 Å². The number of hydrogen-bond donors (Lipinski definition) is 2. The Morgan fingerprint density at radius 3 is 1.14 bits per heavy atom. The average molecular weight is 718 g/mol. The summed E-state index contributed by atoms with van der Waals surface area (Å²) in [5.41, 5.74) is 5.51. The summed E-state index contributed by atoms with van der Waals surface area (Å²) >= 11 is 0. The van der Waals surface area contributed by atoms with Crippen LogP contribution in [0, 0.1) is 20.8 Å². The highest BCUT2D eigenvalue weighted by atomic mass is 32.2. The minimum absolute atomic E-state index is 0.0129. The van der Waals surface area contributed by atoms with Crippen LogP contribution >= 0.6 is 0 Å². The second kappa shape index (κ2) is 15.2. The Kier molecular flexibility index (Phi) is 11.2. The number of hydrogen-bond acceptors (Lipinski definition) is 6. The molecule has 0 atom stereocenters. The number of aryl methyl sites for hydroxylation is 3. The minimum atomic E-state index is -3.98. The van der Waals surface area contributed by atoms with Crippen molar-refractivity contribution in [3.8, 4) is 0 Å². The molecule has 5 aromatic rings. The third-order valence-electron chi connectivity index (χ3n) is 7.95. The number of rotatable bonds is 14. The molecule has 0 radical (unpaired) electrons. The van der Waals surface area contributed by atoms with Gasteiger partial charge in [0, 0.05) is 26.2 Å². The Morgan fingerprint density at radius 2 is 0.776 bits per heavy atom. The van der Waals surface area contributed by atoms with E-state index in [1.165, 1.54) is 4.31 Å². The van der Waals surface area contributed by atoms with E-state index in [1.54, 1.807) is 121 Å². The summed E-state index contributed by atoms with van der Waals surface area (Å²) in [5.74, 6) is 0. The molecule has 0 amide bonds. The molecule has 0 aliphatic rings. The normalized spacial score (nSPS) is 12.3. The zero-order chi connectivity index (χ0) is 35.2. The molecule has 9 nitrogen and oxygen atoms in total. The lowest BCUT2D eigenvalue weighted by Gasteiger charge is -2.23. The number of nitrogens with zero attached hydrogens (tertiary/aromatic N) is 1. The molecule has 0 saturated carbocycles. The van der Waals surface area contributed by atoms with Crippen molar-refractivity contribution in [1.82, 2.24) is 13.7 Å². The molecule has 0 spiro atoms. The molecule has 0 saturated heterocycles. The van der Waals surface area contributed by atoms with E-state index in [2.05, 4.69) is 9.44 Å². The lowest BCUT2D eigenvalue weighted by molar-refractivity contribution is 0.401. The molecule has 2 N–H and O–H groups in total. The molecule has 0 heterocycles. The van der Waals surface area contributed by atoms with Gasteiger partial charge in [0.15, 0.2) is 0 Å². The first-order chi connectivity index (χ1) is 23.2. The number of sulfonamides is 3. The van der Waals surface area contributed by atoms with Crippen molar-refractivity contribution in [3.63, 3.8) is 0 Å². The van der Waals surface area contributed by atoms with E-state index >= 15 is 0 Å². The van der Waals surface area contributed by atoms with E-state index in [0.29, 0.717) is 22.3 Å². The minimum Gasteiger partial charge on any atom is -0.207 e. The van der Waals surface area contributed by atoms with Gasteiger partial charge < -0.3 is 0 Å². The number of benzene rings is 5. The second-order valence-electron chi connectivity index (χ2n) is 12.0. The van der Waals surface area contributed by atoms with E-state index in [9.17, 15) is 25.3 Å². The third-order valence-corrected chi connectivity index (χ3v) is 12.6. The van der Waals surface area contributed by atoms with Crippen LogP contribution in [0.5, 0.6) is 0 Å². The van der Waals surface area contributed by atoms with Crippen molar-refractivity contribution >= 4 is 30.1 Å². The maximum atomic E-state index is 14.0. The highest BCUT2D eigenvalue weighted by Crippen LogP contribution is 2.23. The van der Waals surface area contributed by atoms with Gasteiger partial charge in [-0.2, -0.15) is 4.31 Å². The molecule has 0 aromatic heterocycles. The Hall–Kier alpha value is -4.17. The van der Waals surface area contributed by atoms with E-state index in [1.807, 2.05) is 20.8 Å². The van der Waals surface area contributed by atoms with Crippen LogP contribution in [0.25, 0.3) is 0 Å². The van der Waals surface area contributed by atoms with Gasteiger partial charge in [0.1, 0.15) is 0 Å². The standard InChI is InChI=1S/C37H39N3O6S3/c1-28-10-16-35(17-11-28)47(41,42)38-24-31-6-4-8-33(22-31)26-40(49(45,46)37-20-14-30(3)15-21-37)27-34-9-5-7-32(23-34)25-39-48(43,44)36-18-12-29(2)13-19-36/h4-23,38-39H,24-27H2,1-3H3. The van der Waals surface area contributed by atoms with Crippen molar-refractivity contribution < 1.29 is 25.3 Å². The van der Waals surface area contributed by atoms with Gasteiger partial charge in [-0.15, -0.1) is 0 Å². The topological polar surface area (TPSA) is 130 Å². The Morgan fingerprint density at radius 1 is 0.449 bits per heavy atom. The molecule has 0 unspecified atom stereocenters. The fourth-order valence-electron chi connectivity index (χ4n) is 5.13. The van der Waals surface area contributed by atoms with Crippen molar-refractivity contribution in [3.05, 3.63) is 160 Å². The van der Waals surface area contributed by atoms with Gasteiger partial charge in [-0.3, -0.25) is 0 Å². The van der Waals surface area contributed by atoms with Crippen molar-refractivity contribution in [2.45, 2.75) is 61.6 Å². The van der Waals surface area contributed by atoms with Crippen LogP contribution in [-0.2, 0) is 56.2 Å². The molecule has 0 aliphatic carbocycles. The largest absolute Gasteiger partial charge is 0.243 e. The third kappa shape index (κ3) is 9.50. The first-order valence-corrected chi connectivity index (χ1v) is 20.0. The first kappa shape index (κ1) is 36.1. The monoisotopic (exact) mass is 717 g/mol. The fraction of sp³-hybridized carbons (Fsp3) is 0.189. The first-order valence-electron chi connectivity index (χ1n) is 15.6. The van der Waals surface area contributed by atoms with Gasteiger partial charge >= 0.3 is 0 Å². The van der Waals surface area contributed by atoms with Crippen LogP contribution in [0.4, 0.5) is 0 Å². The average Bonchev–Trinajstić information content (AvgIpc) is 3.07. The summed E-state index contributed by atoms with van der Waals surface area (Å²) in [4.78, 5) is 0.465. The highest BCUT2D eigenvalue weighted by Gasteiger charge is 2.25. The summed E-state index contributed by atoms with van der Waals surface area (Å²) in [6.07, 6.45) is 0. The molecule has 5 aromatic carbocycles. The summed E-state index contributed by atoms with van der Waals surface area (Å²) in [5, 5.41) is 0. The predicted octanol–water partition coefficient (Wildman–Crippen LogP) is 5.96. The summed E-state index contributed by atoms with van der Waals surface area (Å²) < 4.78 is 86.2. The summed E-state index contributed by atoms with van der Waals surface area (Å²) in [6.45, 7) is 5.71. The van der Waals surface area contributed by atoms with Crippen LogP contribution in [0.1, 0.15) is 38.9 Å². The molecule has 0 fully saturated rings. The summed E-state index contributed by atoms with van der Waals surface area (Å²) in [6, 6.07) is 34.0.